The minimum atomic E-state index is 0.0891. The Labute approximate surface area is 89.1 Å². The molecule has 2 N–H and O–H groups in total. The molecule has 0 saturated heterocycles. The second-order valence-corrected chi connectivity index (χ2v) is 3.83. The van der Waals surface area contributed by atoms with Crippen LogP contribution in [0.15, 0.2) is 24.3 Å². The highest BCUT2D eigenvalue weighted by Gasteiger charge is 2.11. The van der Waals surface area contributed by atoms with E-state index in [-0.39, 0.29) is 11.7 Å². The van der Waals surface area contributed by atoms with Crippen molar-refractivity contribution in [1.82, 2.24) is 0 Å². The highest BCUT2D eigenvalue weighted by Crippen LogP contribution is 2.21. The van der Waals surface area contributed by atoms with Gasteiger partial charge in [0.1, 0.15) is 5.78 Å². The lowest BCUT2D eigenvalue weighted by Crippen LogP contribution is -2.15. The second-order valence-electron chi connectivity index (χ2n) is 3.39. The molecule has 0 saturated carbocycles. The minimum absolute atomic E-state index is 0.0891. The molecule has 3 heteroatoms. The van der Waals surface area contributed by atoms with Gasteiger partial charge in [0.2, 0.25) is 0 Å². The average molecular weight is 212 g/mol. The number of hydrogen-bond donors (Lipinski definition) is 1. The molecule has 1 aromatic rings. The zero-order valence-corrected chi connectivity index (χ0v) is 8.92. The summed E-state index contributed by atoms with van der Waals surface area (Å²) in [6.07, 6.45) is 0.483. The first-order valence-electron chi connectivity index (χ1n) is 4.58. The Balaban J connectivity index is 2.83. The average Bonchev–Trinajstić information content (AvgIpc) is 2.14. The van der Waals surface area contributed by atoms with Crippen molar-refractivity contribution in [2.75, 3.05) is 6.54 Å². The molecule has 0 aliphatic rings. The van der Waals surface area contributed by atoms with Crippen molar-refractivity contribution in [3.8, 4) is 0 Å². The lowest BCUT2D eigenvalue weighted by molar-refractivity contribution is -0.117. The second kappa shape index (κ2) is 5.13. The number of carbonyl (C=O) groups is 1. The van der Waals surface area contributed by atoms with Crippen LogP contribution in [0.2, 0.25) is 5.02 Å². The number of nitrogens with two attached hydrogens (primary N) is 1. The molecule has 0 aliphatic carbocycles. The van der Waals surface area contributed by atoms with Gasteiger partial charge in [-0.25, -0.2) is 0 Å². The lowest BCUT2D eigenvalue weighted by Gasteiger charge is -2.13. The predicted molar refractivity (Wildman–Crippen MR) is 58.5 cm³/mol. The van der Waals surface area contributed by atoms with Gasteiger partial charge in [0.25, 0.3) is 0 Å². The number of benzene rings is 1. The SMILES string of the molecule is CC(=O)C[C@H](CN)c1cccc(Cl)c1. The zero-order valence-electron chi connectivity index (χ0n) is 8.16. The van der Waals surface area contributed by atoms with Crippen molar-refractivity contribution in [3.63, 3.8) is 0 Å². The number of Topliss-reactive ketones (excluding diaryl/α,β-unsaturated/α-hetero) is 1. The van der Waals surface area contributed by atoms with Gasteiger partial charge in [-0.2, -0.15) is 0 Å². The summed E-state index contributed by atoms with van der Waals surface area (Å²) in [5, 5.41) is 0.685. The van der Waals surface area contributed by atoms with Gasteiger partial charge in [-0.05, 0) is 31.2 Å². The summed E-state index contributed by atoms with van der Waals surface area (Å²) in [6.45, 7) is 2.05. The predicted octanol–water partition coefficient (Wildman–Crippen LogP) is 2.36. The van der Waals surface area contributed by atoms with E-state index in [1.165, 1.54) is 0 Å². The van der Waals surface area contributed by atoms with E-state index >= 15 is 0 Å². The van der Waals surface area contributed by atoms with E-state index in [4.69, 9.17) is 17.3 Å². The highest BCUT2D eigenvalue weighted by atomic mass is 35.5. The zero-order chi connectivity index (χ0) is 10.6. The van der Waals surface area contributed by atoms with Crippen molar-refractivity contribution in [2.45, 2.75) is 19.3 Å². The first-order valence-corrected chi connectivity index (χ1v) is 4.96. The molecule has 1 aromatic carbocycles. The third-order valence-corrected chi connectivity index (χ3v) is 2.37. The molecule has 0 heterocycles. The lowest BCUT2D eigenvalue weighted by atomic mass is 9.94. The summed E-state index contributed by atoms with van der Waals surface area (Å²) < 4.78 is 0. The maximum Gasteiger partial charge on any atom is 0.130 e. The monoisotopic (exact) mass is 211 g/mol. The largest absolute Gasteiger partial charge is 0.330 e. The van der Waals surface area contributed by atoms with E-state index in [0.717, 1.165) is 5.56 Å². The Hall–Kier alpha value is -0.860. The maximum atomic E-state index is 11.0. The third-order valence-electron chi connectivity index (χ3n) is 2.14. The van der Waals surface area contributed by atoms with Crippen LogP contribution in [-0.4, -0.2) is 12.3 Å². The van der Waals surface area contributed by atoms with Gasteiger partial charge in [-0.3, -0.25) is 0 Å². The van der Waals surface area contributed by atoms with Gasteiger partial charge < -0.3 is 10.5 Å². The normalized spacial score (nSPS) is 12.5. The van der Waals surface area contributed by atoms with Gasteiger partial charge >= 0.3 is 0 Å². The third kappa shape index (κ3) is 3.13. The number of rotatable bonds is 4. The van der Waals surface area contributed by atoms with E-state index in [1.54, 1.807) is 6.92 Å². The van der Waals surface area contributed by atoms with Crippen LogP contribution >= 0.6 is 11.6 Å². The van der Waals surface area contributed by atoms with Crippen LogP contribution in [0.1, 0.15) is 24.8 Å². The molecule has 0 bridgehead atoms. The van der Waals surface area contributed by atoms with Crippen molar-refractivity contribution in [2.24, 2.45) is 5.73 Å². The first kappa shape index (κ1) is 11.2. The molecule has 0 radical (unpaired) electrons. The van der Waals surface area contributed by atoms with Crippen LogP contribution < -0.4 is 5.73 Å². The van der Waals surface area contributed by atoms with E-state index in [1.807, 2.05) is 24.3 Å². The Morgan fingerprint density at radius 1 is 1.57 bits per heavy atom. The molecule has 0 aliphatic heterocycles. The molecule has 76 valence electrons. The molecular formula is C11H14ClNO. The van der Waals surface area contributed by atoms with Crippen LogP contribution in [0, 0.1) is 0 Å². The van der Waals surface area contributed by atoms with Crippen LogP contribution in [0.4, 0.5) is 0 Å². The Bertz CT molecular complexity index is 325. The summed E-state index contributed by atoms with van der Waals surface area (Å²) >= 11 is 5.86. The molecule has 0 amide bonds. The molecule has 0 fully saturated rings. The van der Waals surface area contributed by atoms with Crippen molar-refractivity contribution in [3.05, 3.63) is 34.9 Å². The minimum Gasteiger partial charge on any atom is -0.330 e. The Kier molecular flexibility index (Phi) is 4.11. The van der Waals surface area contributed by atoms with Crippen molar-refractivity contribution >= 4 is 17.4 Å². The molecule has 0 unspecified atom stereocenters. The standard InChI is InChI=1S/C11H14ClNO/c1-8(14)5-10(7-13)9-3-2-4-11(12)6-9/h2-4,6,10H,5,7,13H2,1H3/t10-/m1/s1. The number of halogens is 1. The van der Waals surface area contributed by atoms with E-state index in [9.17, 15) is 4.79 Å². The quantitative estimate of drug-likeness (QED) is 0.831. The summed E-state index contributed by atoms with van der Waals surface area (Å²) in [6, 6.07) is 7.50. The number of ketones is 1. The van der Waals surface area contributed by atoms with Crippen LogP contribution in [-0.2, 0) is 4.79 Å². The summed E-state index contributed by atoms with van der Waals surface area (Å²) in [5.74, 6) is 0.242. The van der Waals surface area contributed by atoms with Crippen LogP contribution in [0.3, 0.4) is 0 Å². The molecule has 2 nitrogen and oxygen atoms in total. The smallest absolute Gasteiger partial charge is 0.130 e. The molecule has 0 spiro atoms. The highest BCUT2D eigenvalue weighted by molar-refractivity contribution is 6.30. The molecule has 1 rings (SSSR count). The van der Waals surface area contributed by atoms with Crippen molar-refractivity contribution < 1.29 is 4.79 Å². The first-order chi connectivity index (χ1) is 6.63. The maximum absolute atomic E-state index is 11.0. The van der Waals surface area contributed by atoms with Gasteiger partial charge in [0.15, 0.2) is 0 Å². The van der Waals surface area contributed by atoms with E-state index in [0.29, 0.717) is 18.0 Å². The van der Waals surface area contributed by atoms with Gasteiger partial charge in [0.05, 0.1) is 0 Å². The van der Waals surface area contributed by atoms with E-state index < -0.39 is 0 Å². The van der Waals surface area contributed by atoms with Gasteiger partial charge in [-0.1, -0.05) is 23.7 Å². The van der Waals surface area contributed by atoms with E-state index in [2.05, 4.69) is 0 Å². The Morgan fingerprint density at radius 2 is 2.29 bits per heavy atom. The summed E-state index contributed by atoms with van der Waals surface area (Å²) in [5.41, 5.74) is 6.65. The fraction of sp³-hybridized carbons (Fsp3) is 0.364. The number of hydrogen-bond acceptors (Lipinski definition) is 2. The fourth-order valence-electron chi connectivity index (χ4n) is 1.44. The number of carbonyl (C=O) groups excluding carboxylic acids is 1. The van der Waals surface area contributed by atoms with Gasteiger partial charge in [-0.15, -0.1) is 0 Å². The fourth-order valence-corrected chi connectivity index (χ4v) is 1.64. The molecule has 0 aromatic heterocycles. The van der Waals surface area contributed by atoms with Crippen LogP contribution in [0.5, 0.6) is 0 Å². The topological polar surface area (TPSA) is 43.1 Å². The Morgan fingerprint density at radius 3 is 2.79 bits per heavy atom. The molecule has 1 atom stereocenters. The summed E-state index contributed by atoms with van der Waals surface area (Å²) in [7, 11) is 0. The summed E-state index contributed by atoms with van der Waals surface area (Å²) in [4.78, 5) is 11.0. The van der Waals surface area contributed by atoms with Crippen LogP contribution in [0.25, 0.3) is 0 Å². The molecule has 14 heavy (non-hydrogen) atoms. The van der Waals surface area contributed by atoms with Gasteiger partial charge in [0, 0.05) is 17.4 Å². The molecular weight excluding hydrogens is 198 g/mol. The van der Waals surface area contributed by atoms with Crippen molar-refractivity contribution in [1.29, 1.82) is 0 Å².